The quantitative estimate of drug-likeness (QED) is 0.0287. The van der Waals surface area contributed by atoms with E-state index < -0.39 is 5.97 Å². The Bertz CT molecular complexity index is 719. The predicted octanol–water partition coefficient (Wildman–Crippen LogP) is 11.4. The SMILES string of the molecule is CCCCCCCCC=CCCCCCCCC(=O)OC(CCCCCCCCCCCCCCCC)C[N+](C)(C)CCCC(=O)[O-]. The van der Waals surface area contributed by atoms with E-state index in [4.69, 9.17) is 4.74 Å². The van der Waals surface area contributed by atoms with Gasteiger partial charge in [-0.25, -0.2) is 0 Å². The highest BCUT2D eigenvalue weighted by atomic mass is 16.5. The van der Waals surface area contributed by atoms with Gasteiger partial charge in [0.05, 0.1) is 20.6 Å². The number of likely N-dealkylation sites (N-methyl/N-ethyl adjacent to an activating group) is 1. The fourth-order valence-corrected chi connectivity index (χ4v) is 6.63. The summed E-state index contributed by atoms with van der Waals surface area (Å²) >= 11 is 0. The molecule has 0 N–H and O–H groups in total. The maximum Gasteiger partial charge on any atom is 0.306 e. The van der Waals surface area contributed by atoms with Crippen molar-refractivity contribution in [1.29, 1.82) is 0 Å². The fraction of sp³-hybridized carbons (Fsp3) is 0.905. The molecule has 0 saturated heterocycles. The zero-order valence-corrected chi connectivity index (χ0v) is 32.1. The number of carboxylic acids is 1. The van der Waals surface area contributed by atoms with E-state index >= 15 is 0 Å². The number of rotatable bonds is 37. The number of carboxylic acid groups (broad SMARTS) is 1. The number of unbranched alkanes of at least 4 members (excludes halogenated alkanes) is 24. The molecule has 0 fully saturated rings. The number of carbonyl (C=O) groups is 2. The number of esters is 1. The molecule has 1 atom stereocenters. The van der Waals surface area contributed by atoms with Gasteiger partial charge in [0.25, 0.3) is 0 Å². The Balaban J connectivity index is 4.18. The highest BCUT2D eigenvalue weighted by Crippen LogP contribution is 2.18. The van der Waals surface area contributed by atoms with Crippen molar-refractivity contribution >= 4 is 11.9 Å². The molecule has 0 aromatic carbocycles. The van der Waals surface area contributed by atoms with Crippen LogP contribution in [0.4, 0.5) is 0 Å². The summed E-state index contributed by atoms with van der Waals surface area (Å²) in [4.78, 5) is 23.7. The number of quaternary nitrogens is 1. The first kappa shape index (κ1) is 45.6. The molecule has 5 nitrogen and oxygen atoms in total. The number of nitrogens with zero attached hydrogens (tertiary/aromatic N) is 1. The molecule has 0 aliphatic rings. The third kappa shape index (κ3) is 35.8. The van der Waals surface area contributed by atoms with Crippen molar-refractivity contribution in [2.75, 3.05) is 27.2 Å². The van der Waals surface area contributed by atoms with Gasteiger partial charge >= 0.3 is 5.97 Å². The first-order valence-electron chi connectivity index (χ1n) is 20.7. The van der Waals surface area contributed by atoms with Gasteiger partial charge in [-0.1, -0.05) is 161 Å². The number of hydrogen-bond donors (Lipinski definition) is 0. The second-order valence-corrected chi connectivity index (χ2v) is 15.1. The lowest BCUT2D eigenvalue weighted by Gasteiger charge is -2.33. The summed E-state index contributed by atoms with van der Waals surface area (Å²) in [6.07, 6.45) is 41.6. The van der Waals surface area contributed by atoms with E-state index in [1.807, 2.05) is 0 Å². The topological polar surface area (TPSA) is 66.4 Å². The first-order valence-corrected chi connectivity index (χ1v) is 20.7. The third-order valence-electron chi connectivity index (χ3n) is 9.66. The molecule has 0 aromatic rings. The molecular weight excluding hydrogens is 582 g/mol. The Morgan fingerprint density at radius 1 is 0.553 bits per heavy atom. The Hall–Kier alpha value is -1.36. The minimum absolute atomic E-state index is 0.0623. The standard InChI is InChI=1S/C42H81NO4/c1-5-7-9-11-13-15-17-19-21-23-25-27-29-31-33-37-42(46)47-40(39-43(3,4)38-34-36-41(44)45)35-32-30-28-26-24-22-20-18-16-14-12-10-8-6-2/h19,21,40H,5-18,20,22-39H2,1-4H3. The van der Waals surface area contributed by atoms with Crippen LogP contribution in [0, 0.1) is 0 Å². The Kier molecular flexibility index (Phi) is 33.5. The molecule has 278 valence electrons. The average Bonchev–Trinajstić information content (AvgIpc) is 3.02. The van der Waals surface area contributed by atoms with Crippen LogP contribution >= 0.6 is 0 Å². The molecule has 0 rings (SSSR count). The van der Waals surface area contributed by atoms with Crippen LogP contribution in [0.2, 0.25) is 0 Å². The van der Waals surface area contributed by atoms with E-state index in [0.29, 0.717) is 17.3 Å². The van der Waals surface area contributed by atoms with Crippen molar-refractivity contribution in [3.63, 3.8) is 0 Å². The van der Waals surface area contributed by atoms with Crippen LogP contribution in [-0.4, -0.2) is 49.7 Å². The highest BCUT2D eigenvalue weighted by molar-refractivity contribution is 5.69. The number of aliphatic carboxylic acids is 1. The van der Waals surface area contributed by atoms with E-state index in [-0.39, 0.29) is 18.5 Å². The number of carbonyl (C=O) groups excluding carboxylic acids is 2. The Labute approximate surface area is 293 Å². The summed E-state index contributed by atoms with van der Waals surface area (Å²) in [5.41, 5.74) is 0. The monoisotopic (exact) mass is 664 g/mol. The molecule has 47 heavy (non-hydrogen) atoms. The molecule has 0 radical (unpaired) electrons. The lowest BCUT2D eigenvalue weighted by Crippen LogP contribution is -2.47. The maximum atomic E-state index is 12.8. The van der Waals surface area contributed by atoms with Gasteiger partial charge in [-0.2, -0.15) is 0 Å². The lowest BCUT2D eigenvalue weighted by atomic mass is 10.0. The van der Waals surface area contributed by atoms with Crippen molar-refractivity contribution in [3.8, 4) is 0 Å². The van der Waals surface area contributed by atoms with Crippen LogP contribution in [-0.2, 0) is 14.3 Å². The molecule has 0 saturated carbocycles. The summed E-state index contributed by atoms with van der Waals surface area (Å²) < 4.78 is 6.72. The van der Waals surface area contributed by atoms with Crippen LogP contribution in [0.25, 0.3) is 0 Å². The minimum Gasteiger partial charge on any atom is -0.550 e. The molecule has 0 spiro atoms. The number of hydrogen-bond acceptors (Lipinski definition) is 4. The Morgan fingerprint density at radius 2 is 0.957 bits per heavy atom. The van der Waals surface area contributed by atoms with Crippen molar-refractivity contribution in [1.82, 2.24) is 0 Å². The van der Waals surface area contributed by atoms with Gasteiger partial charge < -0.3 is 19.1 Å². The van der Waals surface area contributed by atoms with Crippen molar-refractivity contribution < 1.29 is 23.9 Å². The molecule has 1 unspecified atom stereocenters. The fourth-order valence-electron chi connectivity index (χ4n) is 6.63. The number of ether oxygens (including phenoxy) is 1. The first-order chi connectivity index (χ1) is 22.8. The summed E-state index contributed by atoms with van der Waals surface area (Å²) in [7, 11) is 4.23. The van der Waals surface area contributed by atoms with Gasteiger partial charge in [0.15, 0.2) is 6.10 Å². The van der Waals surface area contributed by atoms with Crippen LogP contribution in [0.15, 0.2) is 12.2 Å². The van der Waals surface area contributed by atoms with Crippen LogP contribution < -0.4 is 5.11 Å². The smallest absolute Gasteiger partial charge is 0.306 e. The normalized spacial score (nSPS) is 12.6. The predicted molar refractivity (Wildman–Crippen MR) is 200 cm³/mol. The highest BCUT2D eigenvalue weighted by Gasteiger charge is 2.24. The summed E-state index contributed by atoms with van der Waals surface area (Å²) in [5.74, 6) is -1.05. The van der Waals surface area contributed by atoms with E-state index in [0.717, 1.165) is 38.8 Å². The van der Waals surface area contributed by atoms with Crippen LogP contribution in [0.1, 0.15) is 213 Å². The van der Waals surface area contributed by atoms with Crippen LogP contribution in [0.5, 0.6) is 0 Å². The molecule has 5 heteroatoms. The van der Waals surface area contributed by atoms with Crippen molar-refractivity contribution in [2.45, 2.75) is 219 Å². The zero-order chi connectivity index (χ0) is 34.7. The maximum absolute atomic E-state index is 12.8. The van der Waals surface area contributed by atoms with E-state index in [1.54, 1.807) is 0 Å². The Morgan fingerprint density at radius 3 is 1.40 bits per heavy atom. The van der Waals surface area contributed by atoms with Gasteiger partial charge in [-0.05, 0) is 51.4 Å². The van der Waals surface area contributed by atoms with E-state index in [2.05, 4.69) is 40.1 Å². The second kappa shape index (κ2) is 34.5. The molecule has 0 aromatic heterocycles. The summed E-state index contributed by atoms with van der Waals surface area (Å²) in [5, 5.41) is 10.9. The van der Waals surface area contributed by atoms with Crippen molar-refractivity contribution in [2.24, 2.45) is 0 Å². The van der Waals surface area contributed by atoms with Gasteiger partial charge in [-0.3, -0.25) is 4.79 Å². The summed E-state index contributed by atoms with van der Waals surface area (Å²) in [6, 6.07) is 0. The largest absolute Gasteiger partial charge is 0.550 e. The molecule has 0 aliphatic carbocycles. The number of allylic oxidation sites excluding steroid dienone is 2. The second-order valence-electron chi connectivity index (χ2n) is 15.1. The van der Waals surface area contributed by atoms with E-state index in [1.165, 1.54) is 154 Å². The van der Waals surface area contributed by atoms with Gasteiger partial charge in [0.2, 0.25) is 0 Å². The molecule has 0 aliphatic heterocycles. The van der Waals surface area contributed by atoms with Gasteiger partial charge in [0.1, 0.15) is 6.54 Å². The average molecular weight is 664 g/mol. The third-order valence-corrected chi connectivity index (χ3v) is 9.66. The lowest BCUT2D eigenvalue weighted by molar-refractivity contribution is -0.893. The zero-order valence-electron chi connectivity index (χ0n) is 32.1. The summed E-state index contributed by atoms with van der Waals surface area (Å²) in [6.45, 7) is 6.03. The van der Waals surface area contributed by atoms with Crippen LogP contribution in [0.3, 0.4) is 0 Å². The van der Waals surface area contributed by atoms with Gasteiger partial charge in [-0.15, -0.1) is 0 Å². The van der Waals surface area contributed by atoms with Gasteiger partial charge in [0, 0.05) is 18.8 Å². The van der Waals surface area contributed by atoms with E-state index in [9.17, 15) is 14.7 Å². The molecular formula is C42H81NO4. The minimum atomic E-state index is -0.990. The molecule has 0 amide bonds. The molecule has 0 bridgehead atoms. The van der Waals surface area contributed by atoms with Crippen molar-refractivity contribution in [3.05, 3.63) is 12.2 Å². The molecule has 0 heterocycles.